The molecule has 0 bridgehead atoms. The van der Waals surface area contributed by atoms with Gasteiger partial charge in [0.25, 0.3) is 0 Å². The molecule has 0 spiro atoms. The molecule has 4 heteroatoms. The van der Waals surface area contributed by atoms with Gasteiger partial charge in [0.1, 0.15) is 0 Å². The Morgan fingerprint density at radius 1 is 1.20 bits per heavy atom. The number of rotatable bonds is 4. The highest BCUT2D eigenvalue weighted by atomic mass is 79.9. The third-order valence-electron chi connectivity index (χ3n) is 3.10. The van der Waals surface area contributed by atoms with Crippen LogP contribution < -0.4 is 5.32 Å². The van der Waals surface area contributed by atoms with Gasteiger partial charge in [-0.2, -0.15) is 0 Å². The van der Waals surface area contributed by atoms with Gasteiger partial charge in [-0.15, -0.1) is 0 Å². The van der Waals surface area contributed by atoms with Crippen molar-refractivity contribution in [2.45, 2.75) is 19.4 Å². The van der Waals surface area contributed by atoms with E-state index in [-0.39, 0.29) is 12.3 Å². The zero-order valence-electron chi connectivity index (χ0n) is 11.1. The van der Waals surface area contributed by atoms with Gasteiger partial charge in [0.2, 0.25) is 5.91 Å². The molecule has 0 radical (unpaired) electrons. The first kappa shape index (κ1) is 14.8. The third kappa shape index (κ3) is 3.68. The van der Waals surface area contributed by atoms with Crippen molar-refractivity contribution >= 4 is 27.5 Å². The van der Waals surface area contributed by atoms with Crippen molar-refractivity contribution in [3.63, 3.8) is 0 Å². The molecule has 104 valence electrons. The number of benzene rings is 2. The molecule has 2 N–H and O–H groups in total. The summed E-state index contributed by atoms with van der Waals surface area (Å²) in [5.41, 5.74) is 2.47. The topological polar surface area (TPSA) is 49.3 Å². The van der Waals surface area contributed by atoms with Crippen LogP contribution in [0.5, 0.6) is 0 Å². The third-order valence-corrected chi connectivity index (χ3v) is 3.96. The lowest BCUT2D eigenvalue weighted by Gasteiger charge is -2.13. The van der Waals surface area contributed by atoms with Gasteiger partial charge in [-0.1, -0.05) is 52.3 Å². The maximum Gasteiger partial charge on any atom is 0.227 e. The molecule has 0 aliphatic rings. The van der Waals surface area contributed by atoms with Gasteiger partial charge in [-0.3, -0.25) is 4.79 Å². The van der Waals surface area contributed by atoms with E-state index in [9.17, 15) is 9.90 Å². The molecule has 2 aromatic carbocycles. The minimum Gasteiger partial charge on any atom is -0.388 e. The molecule has 1 amide bonds. The first-order valence-corrected chi connectivity index (χ1v) is 7.15. The van der Waals surface area contributed by atoms with Crippen molar-refractivity contribution in [3.8, 4) is 0 Å². The highest BCUT2D eigenvalue weighted by molar-refractivity contribution is 9.10. The number of halogens is 1. The SMILES string of the molecule is Cc1c(Br)cccc1NC(=O)CC(O)c1ccccc1. The molecule has 0 saturated carbocycles. The summed E-state index contributed by atoms with van der Waals surface area (Å²) in [5.74, 6) is -0.206. The van der Waals surface area contributed by atoms with Gasteiger partial charge < -0.3 is 10.4 Å². The van der Waals surface area contributed by atoms with Crippen LogP contribution in [-0.4, -0.2) is 11.0 Å². The second-order valence-corrected chi connectivity index (χ2v) is 5.45. The van der Waals surface area contributed by atoms with E-state index in [1.807, 2.05) is 55.5 Å². The van der Waals surface area contributed by atoms with Gasteiger partial charge in [0, 0.05) is 10.2 Å². The molecule has 2 aromatic rings. The van der Waals surface area contributed by atoms with E-state index in [1.54, 1.807) is 0 Å². The lowest BCUT2D eigenvalue weighted by Crippen LogP contribution is -2.16. The number of anilines is 1. The molecule has 3 nitrogen and oxygen atoms in total. The van der Waals surface area contributed by atoms with Crippen LogP contribution in [0.25, 0.3) is 0 Å². The van der Waals surface area contributed by atoms with E-state index in [2.05, 4.69) is 21.2 Å². The molecule has 0 fully saturated rings. The van der Waals surface area contributed by atoms with Gasteiger partial charge in [0.15, 0.2) is 0 Å². The van der Waals surface area contributed by atoms with E-state index in [0.717, 1.165) is 21.3 Å². The summed E-state index contributed by atoms with van der Waals surface area (Å²) in [5, 5.41) is 12.8. The van der Waals surface area contributed by atoms with Crippen LogP contribution in [0, 0.1) is 6.92 Å². The number of aliphatic hydroxyl groups is 1. The van der Waals surface area contributed by atoms with Crippen molar-refractivity contribution in [1.82, 2.24) is 0 Å². The predicted octanol–water partition coefficient (Wildman–Crippen LogP) is 3.82. The quantitative estimate of drug-likeness (QED) is 0.893. The lowest BCUT2D eigenvalue weighted by atomic mass is 10.1. The average molecular weight is 334 g/mol. The van der Waals surface area contributed by atoms with Gasteiger partial charge in [-0.25, -0.2) is 0 Å². The van der Waals surface area contributed by atoms with Gasteiger partial charge >= 0.3 is 0 Å². The smallest absolute Gasteiger partial charge is 0.227 e. The fraction of sp³-hybridized carbons (Fsp3) is 0.188. The molecule has 0 saturated heterocycles. The van der Waals surface area contributed by atoms with Crippen LogP contribution in [0.3, 0.4) is 0 Å². The van der Waals surface area contributed by atoms with E-state index < -0.39 is 6.10 Å². The van der Waals surface area contributed by atoms with Gasteiger partial charge in [-0.05, 0) is 30.2 Å². The second-order valence-electron chi connectivity index (χ2n) is 4.59. The lowest BCUT2D eigenvalue weighted by molar-refractivity contribution is -0.118. The molecule has 1 unspecified atom stereocenters. The summed E-state index contributed by atoms with van der Waals surface area (Å²) in [6.07, 6.45) is -0.751. The fourth-order valence-electron chi connectivity index (χ4n) is 1.91. The molecule has 0 aromatic heterocycles. The van der Waals surface area contributed by atoms with Crippen LogP contribution in [0.15, 0.2) is 53.0 Å². The monoisotopic (exact) mass is 333 g/mol. The summed E-state index contributed by atoms with van der Waals surface area (Å²) in [6.45, 7) is 1.92. The van der Waals surface area contributed by atoms with E-state index >= 15 is 0 Å². The average Bonchev–Trinajstić information content (AvgIpc) is 2.45. The summed E-state index contributed by atoms with van der Waals surface area (Å²) in [4.78, 5) is 12.0. The Kier molecular flexibility index (Phi) is 4.93. The molecule has 1 atom stereocenters. The maximum atomic E-state index is 12.0. The van der Waals surface area contributed by atoms with Crippen molar-refractivity contribution in [2.75, 3.05) is 5.32 Å². The Labute approximate surface area is 126 Å². The van der Waals surface area contributed by atoms with Crippen molar-refractivity contribution < 1.29 is 9.90 Å². The Balaban J connectivity index is 2.01. The minimum absolute atomic E-state index is 0.0377. The summed E-state index contributed by atoms with van der Waals surface area (Å²) in [7, 11) is 0. The van der Waals surface area contributed by atoms with Crippen LogP contribution in [0.1, 0.15) is 23.7 Å². The van der Waals surface area contributed by atoms with Crippen LogP contribution in [-0.2, 0) is 4.79 Å². The zero-order valence-corrected chi connectivity index (χ0v) is 12.7. The van der Waals surface area contributed by atoms with E-state index in [4.69, 9.17) is 0 Å². The molecule has 0 aliphatic heterocycles. The number of nitrogens with one attached hydrogen (secondary N) is 1. The fourth-order valence-corrected chi connectivity index (χ4v) is 2.28. The van der Waals surface area contributed by atoms with Crippen molar-refractivity contribution in [3.05, 3.63) is 64.1 Å². The second kappa shape index (κ2) is 6.68. The number of amides is 1. The first-order chi connectivity index (χ1) is 9.58. The van der Waals surface area contributed by atoms with Crippen LogP contribution in [0.4, 0.5) is 5.69 Å². The highest BCUT2D eigenvalue weighted by Crippen LogP contribution is 2.24. The number of aliphatic hydroxyl groups excluding tert-OH is 1. The Bertz CT molecular complexity index is 599. The molecule has 0 heterocycles. The highest BCUT2D eigenvalue weighted by Gasteiger charge is 2.13. The standard InChI is InChI=1S/C16H16BrNO2/c1-11-13(17)8-5-9-14(11)18-16(20)10-15(19)12-6-3-2-4-7-12/h2-9,15,19H,10H2,1H3,(H,18,20). The van der Waals surface area contributed by atoms with E-state index in [1.165, 1.54) is 0 Å². The Morgan fingerprint density at radius 3 is 2.60 bits per heavy atom. The number of carbonyl (C=O) groups is 1. The number of hydrogen-bond acceptors (Lipinski definition) is 2. The van der Waals surface area contributed by atoms with Gasteiger partial charge in [0.05, 0.1) is 12.5 Å². The molecular formula is C16H16BrNO2. The Hall–Kier alpha value is -1.65. The zero-order chi connectivity index (χ0) is 14.5. The first-order valence-electron chi connectivity index (χ1n) is 6.36. The summed E-state index contributed by atoms with van der Waals surface area (Å²) < 4.78 is 0.943. The molecule has 0 aliphatic carbocycles. The Morgan fingerprint density at radius 2 is 1.90 bits per heavy atom. The number of hydrogen-bond donors (Lipinski definition) is 2. The normalized spacial score (nSPS) is 11.9. The molecule has 20 heavy (non-hydrogen) atoms. The largest absolute Gasteiger partial charge is 0.388 e. The summed E-state index contributed by atoms with van der Waals surface area (Å²) in [6, 6.07) is 14.8. The predicted molar refractivity (Wildman–Crippen MR) is 83.5 cm³/mol. The molecular weight excluding hydrogens is 318 g/mol. The molecule has 2 rings (SSSR count). The maximum absolute atomic E-state index is 12.0. The number of carbonyl (C=O) groups excluding carboxylic acids is 1. The summed E-state index contributed by atoms with van der Waals surface area (Å²) >= 11 is 3.42. The minimum atomic E-state index is -0.788. The van der Waals surface area contributed by atoms with Crippen LogP contribution >= 0.6 is 15.9 Å². The van der Waals surface area contributed by atoms with Crippen molar-refractivity contribution in [1.29, 1.82) is 0 Å². The van der Waals surface area contributed by atoms with Crippen molar-refractivity contribution in [2.24, 2.45) is 0 Å². The van der Waals surface area contributed by atoms with E-state index in [0.29, 0.717) is 0 Å². The van der Waals surface area contributed by atoms with Crippen LogP contribution in [0.2, 0.25) is 0 Å².